The Bertz CT molecular complexity index is 519. The molecule has 0 unspecified atom stereocenters. The first-order valence-electron chi connectivity index (χ1n) is 5.34. The van der Waals surface area contributed by atoms with Gasteiger partial charge in [0.15, 0.2) is 0 Å². The van der Waals surface area contributed by atoms with E-state index in [0.717, 1.165) is 0 Å². The third-order valence-corrected chi connectivity index (χ3v) is 3.72. The molecule has 0 aliphatic rings. The molecule has 2 N–H and O–H groups in total. The Hall–Kier alpha value is -1.15. The Morgan fingerprint density at radius 2 is 1.95 bits per heavy atom. The zero-order chi connectivity index (χ0) is 13.6. The molecule has 0 aliphatic heterocycles. The molecule has 0 aliphatic carbocycles. The van der Waals surface area contributed by atoms with E-state index in [-0.39, 0.29) is 30.3 Å². The lowest BCUT2D eigenvalue weighted by Crippen LogP contribution is -2.38. The normalized spacial score (nSPS) is 10.6. The van der Waals surface area contributed by atoms with Crippen molar-refractivity contribution in [2.24, 2.45) is 0 Å². The highest BCUT2D eigenvalue weighted by molar-refractivity contribution is 7.89. The molecular weight excluding hydrogens is 292 g/mol. The SMILES string of the molecule is COC(=O)CCNNS(=O)(=O)c1ccccc1C.Cl. The number of rotatable bonds is 6. The van der Waals surface area contributed by atoms with Gasteiger partial charge >= 0.3 is 5.97 Å². The predicted octanol–water partition coefficient (Wildman–Crippen LogP) is 0.763. The van der Waals surface area contributed by atoms with Crippen molar-refractivity contribution in [3.05, 3.63) is 29.8 Å². The molecule has 1 rings (SSSR count). The molecule has 19 heavy (non-hydrogen) atoms. The van der Waals surface area contributed by atoms with Gasteiger partial charge in [0.25, 0.3) is 10.0 Å². The minimum atomic E-state index is -3.61. The van der Waals surface area contributed by atoms with Crippen LogP contribution in [0.5, 0.6) is 0 Å². The van der Waals surface area contributed by atoms with Gasteiger partial charge in [-0.15, -0.1) is 17.2 Å². The fourth-order valence-corrected chi connectivity index (χ4v) is 2.48. The number of aryl methyl sites for hydroxylation is 1. The summed E-state index contributed by atoms with van der Waals surface area (Å²) in [5.74, 6) is -0.405. The Morgan fingerprint density at radius 3 is 2.53 bits per heavy atom. The quantitative estimate of drug-likeness (QED) is 0.460. The smallest absolute Gasteiger partial charge is 0.306 e. The fourth-order valence-electron chi connectivity index (χ4n) is 1.33. The molecule has 0 aromatic heterocycles. The third kappa shape index (κ3) is 5.56. The van der Waals surface area contributed by atoms with E-state index in [1.54, 1.807) is 25.1 Å². The number of esters is 1. The third-order valence-electron chi connectivity index (χ3n) is 2.27. The van der Waals surface area contributed by atoms with Gasteiger partial charge in [-0.25, -0.2) is 13.8 Å². The molecular formula is C11H17ClN2O4S. The summed E-state index contributed by atoms with van der Waals surface area (Å²) in [6.07, 6.45) is 0.0901. The van der Waals surface area contributed by atoms with Crippen molar-refractivity contribution >= 4 is 28.4 Å². The van der Waals surface area contributed by atoms with Crippen molar-refractivity contribution in [2.45, 2.75) is 18.2 Å². The summed E-state index contributed by atoms with van der Waals surface area (Å²) in [5, 5.41) is 0. The average molecular weight is 309 g/mol. The first-order chi connectivity index (χ1) is 8.47. The predicted molar refractivity (Wildman–Crippen MR) is 73.4 cm³/mol. The van der Waals surface area contributed by atoms with Crippen LogP contribution in [0.25, 0.3) is 0 Å². The molecule has 0 saturated carbocycles. The monoisotopic (exact) mass is 308 g/mol. The second kappa shape index (κ2) is 8.11. The van der Waals surface area contributed by atoms with Crippen molar-refractivity contribution in [1.82, 2.24) is 10.3 Å². The van der Waals surface area contributed by atoms with Gasteiger partial charge in [-0.3, -0.25) is 4.79 Å². The minimum absolute atomic E-state index is 0. The van der Waals surface area contributed by atoms with Crippen LogP contribution in [-0.4, -0.2) is 28.0 Å². The second-order valence-corrected chi connectivity index (χ2v) is 5.27. The van der Waals surface area contributed by atoms with Crippen LogP contribution in [-0.2, 0) is 19.6 Å². The van der Waals surface area contributed by atoms with Crippen LogP contribution in [0.2, 0.25) is 0 Å². The Kier molecular flexibility index (Phi) is 7.62. The van der Waals surface area contributed by atoms with E-state index >= 15 is 0 Å². The summed E-state index contributed by atoms with van der Waals surface area (Å²) in [4.78, 5) is 13.2. The molecule has 6 nitrogen and oxygen atoms in total. The lowest BCUT2D eigenvalue weighted by atomic mass is 10.2. The second-order valence-electron chi connectivity index (χ2n) is 3.62. The lowest BCUT2D eigenvalue weighted by Gasteiger charge is -2.09. The molecule has 0 bridgehead atoms. The average Bonchev–Trinajstić information content (AvgIpc) is 2.34. The topological polar surface area (TPSA) is 84.5 Å². The largest absolute Gasteiger partial charge is 0.469 e. The van der Waals surface area contributed by atoms with E-state index < -0.39 is 16.0 Å². The number of carbonyl (C=O) groups excluding carboxylic acids is 1. The maximum atomic E-state index is 11.9. The molecule has 8 heteroatoms. The number of ether oxygens (including phenoxy) is 1. The van der Waals surface area contributed by atoms with E-state index in [2.05, 4.69) is 15.0 Å². The minimum Gasteiger partial charge on any atom is -0.469 e. The van der Waals surface area contributed by atoms with Crippen molar-refractivity contribution in [1.29, 1.82) is 0 Å². The van der Waals surface area contributed by atoms with Gasteiger partial charge in [-0.2, -0.15) is 0 Å². The van der Waals surface area contributed by atoms with Crippen molar-refractivity contribution in [3.8, 4) is 0 Å². The molecule has 0 atom stereocenters. The summed E-state index contributed by atoms with van der Waals surface area (Å²) in [6, 6.07) is 6.64. The maximum absolute atomic E-state index is 11.9. The standard InChI is InChI=1S/C11H16N2O4S.ClH/c1-9-5-3-4-6-10(9)18(15,16)13-12-8-7-11(14)17-2;/h3-6,12-13H,7-8H2,1-2H3;1H. The maximum Gasteiger partial charge on any atom is 0.306 e. The summed E-state index contributed by atoms with van der Waals surface area (Å²) in [7, 11) is -2.33. The van der Waals surface area contributed by atoms with Crippen molar-refractivity contribution in [2.75, 3.05) is 13.7 Å². The number of methoxy groups -OCH3 is 1. The Labute approximate surface area is 119 Å². The number of hydrogen-bond donors (Lipinski definition) is 2. The van der Waals surface area contributed by atoms with Gasteiger partial charge in [0.2, 0.25) is 0 Å². The van der Waals surface area contributed by atoms with Crippen molar-refractivity contribution in [3.63, 3.8) is 0 Å². The highest BCUT2D eigenvalue weighted by atomic mass is 35.5. The number of hydrazine groups is 1. The Morgan fingerprint density at radius 1 is 1.32 bits per heavy atom. The molecule has 0 radical (unpaired) electrons. The van der Waals surface area contributed by atoms with Gasteiger partial charge in [0.05, 0.1) is 18.4 Å². The van der Waals surface area contributed by atoms with Crippen LogP contribution in [0.3, 0.4) is 0 Å². The number of halogens is 1. The van der Waals surface area contributed by atoms with Crippen LogP contribution in [0.15, 0.2) is 29.2 Å². The molecule has 0 spiro atoms. The molecule has 108 valence electrons. The highest BCUT2D eigenvalue weighted by Gasteiger charge is 2.15. The zero-order valence-corrected chi connectivity index (χ0v) is 12.3. The van der Waals surface area contributed by atoms with E-state index in [1.807, 2.05) is 0 Å². The van der Waals surface area contributed by atoms with E-state index in [1.165, 1.54) is 13.2 Å². The first kappa shape index (κ1) is 17.8. The molecule has 0 heterocycles. The molecule has 1 aromatic carbocycles. The lowest BCUT2D eigenvalue weighted by molar-refractivity contribution is -0.140. The fraction of sp³-hybridized carbons (Fsp3) is 0.364. The van der Waals surface area contributed by atoms with E-state index in [0.29, 0.717) is 5.56 Å². The van der Waals surface area contributed by atoms with Crippen LogP contribution < -0.4 is 10.3 Å². The van der Waals surface area contributed by atoms with Gasteiger partial charge < -0.3 is 4.74 Å². The molecule has 1 aromatic rings. The number of carbonyl (C=O) groups is 1. The summed E-state index contributed by atoms with van der Waals surface area (Å²) in [6.45, 7) is 1.88. The molecule has 0 saturated heterocycles. The molecule has 0 fully saturated rings. The highest BCUT2D eigenvalue weighted by Crippen LogP contribution is 2.12. The molecule has 0 amide bonds. The van der Waals surface area contributed by atoms with Crippen molar-refractivity contribution < 1.29 is 17.9 Å². The van der Waals surface area contributed by atoms with Crippen LogP contribution >= 0.6 is 12.4 Å². The van der Waals surface area contributed by atoms with Gasteiger partial charge in [0.1, 0.15) is 0 Å². The summed E-state index contributed by atoms with van der Waals surface area (Å²) in [5.41, 5.74) is 3.13. The first-order valence-corrected chi connectivity index (χ1v) is 6.83. The van der Waals surface area contributed by atoms with Crippen LogP contribution in [0.1, 0.15) is 12.0 Å². The summed E-state index contributed by atoms with van der Waals surface area (Å²) >= 11 is 0. The van der Waals surface area contributed by atoms with Gasteiger partial charge in [0, 0.05) is 6.54 Å². The number of hydrogen-bond acceptors (Lipinski definition) is 5. The summed E-state index contributed by atoms with van der Waals surface area (Å²) < 4.78 is 28.2. The number of sulfonamides is 1. The Balaban J connectivity index is 0.00000324. The number of nitrogens with one attached hydrogen (secondary N) is 2. The zero-order valence-electron chi connectivity index (χ0n) is 10.7. The van der Waals surface area contributed by atoms with E-state index in [9.17, 15) is 13.2 Å². The van der Waals surface area contributed by atoms with Crippen LogP contribution in [0, 0.1) is 6.92 Å². The van der Waals surface area contributed by atoms with Gasteiger partial charge in [-0.1, -0.05) is 18.2 Å². The van der Waals surface area contributed by atoms with Crippen LogP contribution in [0.4, 0.5) is 0 Å². The number of benzene rings is 1. The van der Waals surface area contributed by atoms with E-state index in [4.69, 9.17) is 0 Å². The van der Waals surface area contributed by atoms with Gasteiger partial charge in [-0.05, 0) is 18.6 Å².